The van der Waals surface area contributed by atoms with E-state index in [4.69, 9.17) is 11.6 Å². The van der Waals surface area contributed by atoms with Crippen LogP contribution in [0.5, 0.6) is 0 Å². The van der Waals surface area contributed by atoms with Crippen LogP contribution in [-0.4, -0.2) is 14.2 Å². The molecule has 5 heteroatoms. The van der Waals surface area contributed by atoms with Crippen LogP contribution in [0.1, 0.15) is 12.5 Å². The minimum atomic E-state index is -3.34. The summed E-state index contributed by atoms with van der Waals surface area (Å²) in [4.78, 5) is 0. The first-order chi connectivity index (χ1) is 6.44. The molecule has 1 rings (SSSR count). The first-order valence-corrected chi connectivity index (χ1v) is 6.15. The van der Waals surface area contributed by atoms with E-state index in [0.717, 1.165) is 5.56 Å². The summed E-state index contributed by atoms with van der Waals surface area (Å²) in [6.45, 7) is 3.40. The average molecular weight is 233 g/mol. The lowest BCUT2D eigenvalue weighted by molar-refractivity contribution is 0.604. The first-order valence-electron chi connectivity index (χ1n) is 4.16. The molecular weight excluding hydrogens is 222 g/mol. The van der Waals surface area contributed by atoms with Gasteiger partial charge in [-0.25, -0.2) is 8.42 Å². The quantitative estimate of drug-likeness (QED) is 0.804. The lowest BCUT2D eigenvalue weighted by atomic mass is 10.2. The van der Waals surface area contributed by atoms with Gasteiger partial charge in [0.05, 0.1) is 10.0 Å². The van der Waals surface area contributed by atoms with Gasteiger partial charge in [0, 0.05) is 10.8 Å². The molecular formula is C9H11ClNO2S-. The molecule has 0 unspecified atom stereocenters. The van der Waals surface area contributed by atoms with E-state index in [1.165, 1.54) is 0 Å². The van der Waals surface area contributed by atoms with Crippen LogP contribution in [0.25, 0.3) is 4.72 Å². The number of sulfonamides is 1. The molecule has 0 fully saturated rings. The molecule has 0 aromatic heterocycles. The van der Waals surface area contributed by atoms with Crippen LogP contribution >= 0.6 is 11.6 Å². The molecule has 0 radical (unpaired) electrons. The fourth-order valence-electron chi connectivity index (χ4n) is 0.864. The zero-order valence-electron chi connectivity index (χ0n) is 7.99. The Morgan fingerprint density at radius 3 is 2.57 bits per heavy atom. The van der Waals surface area contributed by atoms with Crippen molar-refractivity contribution in [2.75, 3.05) is 5.75 Å². The molecule has 1 aromatic rings. The van der Waals surface area contributed by atoms with Gasteiger partial charge in [0.1, 0.15) is 0 Å². The molecule has 0 amide bonds. The van der Waals surface area contributed by atoms with E-state index in [2.05, 4.69) is 4.72 Å². The summed E-state index contributed by atoms with van der Waals surface area (Å²) in [7, 11) is -3.34. The molecule has 1 aromatic carbocycles. The highest BCUT2D eigenvalue weighted by atomic mass is 35.5. The van der Waals surface area contributed by atoms with Gasteiger partial charge < -0.3 is 4.72 Å². The maximum atomic E-state index is 11.2. The SMILES string of the molecule is CCS(=O)(=O)[N-]c1ccc(C)c(Cl)c1. The molecule has 0 atom stereocenters. The number of nitrogens with zero attached hydrogens (tertiary/aromatic N) is 1. The second-order valence-corrected chi connectivity index (χ2v) is 5.23. The van der Waals surface area contributed by atoms with Crippen molar-refractivity contribution in [2.45, 2.75) is 13.8 Å². The highest BCUT2D eigenvalue weighted by Gasteiger charge is 1.96. The van der Waals surface area contributed by atoms with Crippen molar-refractivity contribution in [3.05, 3.63) is 33.5 Å². The molecule has 0 saturated carbocycles. The number of halogens is 1. The van der Waals surface area contributed by atoms with Gasteiger partial charge in [-0.1, -0.05) is 36.7 Å². The Balaban J connectivity index is 2.94. The van der Waals surface area contributed by atoms with E-state index in [1.54, 1.807) is 25.1 Å². The fraction of sp³-hybridized carbons (Fsp3) is 0.333. The van der Waals surface area contributed by atoms with E-state index < -0.39 is 10.0 Å². The van der Waals surface area contributed by atoms with Crippen molar-refractivity contribution in [2.24, 2.45) is 0 Å². The van der Waals surface area contributed by atoms with Gasteiger partial charge in [0.15, 0.2) is 0 Å². The molecule has 0 spiro atoms. The van der Waals surface area contributed by atoms with Crippen molar-refractivity contribution in [1.29, 1.82) is 0 Å². The van der Waals surface area contributed by atoms with Crippen LogP contribution in [0, 0.1) is 6.92 Å². The lowest BCUT2D eigenvalue weighted by Crippen LogP contribution is -1.98. The van der Waals surface area contributed by atoms with Gasteiger partial charge in [0.25, 0.3) is 0 Å². The fourth-order valence-corrected chi connectivity index (χ4v) is 1.60. The number of aryl methyl sites for hydroxylation is 1. The number of hydrogen-bond donors (Lipinski definition) is 0. The van der Waals surface area contributed by atoms with Gasteiger partial charge in [-0.2, -0.15) is 0 Å². The van der Waals surface area contributed by atoms with E-state index in [-0.39, 0.29) is 5.75 Å². The summed E-state index contributed by atoms with van der Waals surface area (Å²) in [5.41, 5.74) is 1.28. The third-order valence-corrected chi connectivity index (χ3v) is 3.39. The third-order valence-electron chi connectivity index (χ3n) is 1.76. The minimum Gasteiger partial charge on any atom is -0.577 e. The van der Waals surface area contributed by atoms with Crippen LogP contribution in [0.15, 0.2) is 18.2 Å². The van der Waals surface area contributed by atoms with E-state index >= 15 is 0 Å². The van der Waals surface area contributed by atoms with Gasteiger partial charge in [-0.15, -0.1) is 5.69 Å². The molecule has 3 nitrogen and oxygen atoms in total. The number of benzene rings is 1. The molecule has 0 aliphatic rings. The van der Waals surface area contributed by atoms with Crippen LogP contribution in [-0.2, 0) is 10.0 Å². The summed E-state index contributed by atoms with van der Waals surface area (Å²) < 4.78 is 25.9. The van der Waals surface area contributed by atoms with Crippen LogP contribution in [0.2, 0.25) is 5.02 Å². The molecule has 0 aliphatic heterocycles. The maximum Gasteiger partial charge on any atom is 0.0935 e. The maximum absolute atomic E-state index is 11.2. The van der Waals surface area contributed by atoms with Crippen molar-refractivity contribution in [1.82, 2.24) is 0 Å². The predicted molar refractivity (Wildman–Crippen MR) is 58.7 cm³/mol. The number of hydrogen-bond acceptors (Lipinski definition) is 2. The summed E-state index contributed by atoms with van der Waals surface area (Å²) in [6.07, 6.45) is 0. The second-order valence-electron chi connectivity index (χ2n) is 2.90. The average Bonchev–Trinajstić information content (AvgIpc) is 2.11. The van der Waals surface area contributed by atoms with Crippen molar-refractivity contribution < 1.29 is 8.42 Å². The Hall–Kier alpha value is -0.740. The Kier molecular flexibility index (Phi) is 3.39. The summed E-state index contributed by atoms with van der Waals surface area (Å²) in [5.74, 6) is -0.00149. The number of rotatable bonds is 3. The summed E-state index contributed by atoms with van der Waals surface area (Å²) >= 11 is 5.83. The molecule has 0 N–H and O–H groups in total. The minimum absolute atomic E-state index is 0.00149. The van der Waals surface area contributed by atoms with Gasteiger partial charge in [-0.05, 0) is 12.5 Å². The Bertz CT molecular complexity index is 428. The van der Waals surface area contributed by atoms with Crippen molar-refractivity contribution in [3.63, 3.8) is 0 Å². The third kappa shape index (κ3) is 2.89. The smallest absolute Gasteiger partial charge is 0.0935 e. The lowest BCUT2D eigenvalue weighted by Gasteiger charge is -2.20. The monoisotopic (exact) mass is 232 g/mol. The Labute approximate surface area is 89.1 Å². The molecule has 78 valence electrons. The van der Waals surface area contributed by atoms with Crippen LogP contribution in [0.4, 0.5) is 5.69 Å². The van der Waals surface area contributed by atoms with Crippen LogP contribution < -0.4 is 0 Å². The van der Waals surface area contributed by atoms with Crippen molar-refractivity contribution in [3.8, 4) is 0 Å². The first kappa shape index (κ1) is 11.3. The van der Waals surface area contributed by atoms with E-state index in [0.29, 0.717) is 10.7 Å². The summed E-state index contributed by atoms with van der Waals surface area (Å²) in [6, 6.07) is 4.92. The topological polar surface area (TPSA) is 48.2 Å². The highest BCUT2D eigenvalue weighted by Crippen LogP contribution is 2.27. The molecule has 0 heterocycles. The van der Waals surface area contributed by atoms with E-state index in [9.17, 15) is 8.42 Å². The van der Waals surface area contributed by atoms with Crippen LogP contribution in [0.3, 0.4) is 0 Å². The largest absolute Gasteiger partial charge is 0.577 e. The normalized spacial score (nSPS) is 11.4. The summed E-state index contributed by atoms with van der Waals surface area (Å²) in [5, 5.41) is 0.526. The van der Waals surface area contributed by atoms with Gasteiger partial charge >= 0.3 is 0 Å². The Morgan fingerprint density at radius 2 is 2.07 bits per heavy atom. The van der Waals surface area contributed by atoms with Gasteiger partial charge in [-0.3, -0.25) is 0 Å². The second kappa shape index (κ2) is 4.19. The molecule has 0 aliphatic carbocycles. The van der Waals surface area contributed by atoms with E-state index in [1.807, 2.05) is 6.92 Å². The van der Waals surface area contributed by atoms with Crippen molar-refractivity contribution >= 4 is 27.3 Å². The predicted octanol–water partition coefficient (Wildman–Crippen LogP) is 3.00. The molecule has 14 heavy (non-hydrogen) atoms. The standard InChI is InChI=1S/C9H11ClNO2S/c1-3-14(12,13)11-8-5-4-7(2)9(10)6-8/h4-6H,3H2,1-2H3/q-1. The Morgan fingerprint density at radius 1 is 1.43 bits per heavy atom. The highest BCUT2D eigenvalue weighted by molar-refractivity contribution is 7.94. The van der Waals surface area contributed by atoms with Gasteiger partial charge in [0.2, 0.25) is 0 Å². The zero-order valence-corrected chi connectivity index (χ0v) is 9.56. The molecule has 0 bridgehead atoms. The zero-order chi connectivity index (χ0) is 10.8. The molecule has 0 saturated heterocycles.